The van der Waals surface area contributed by atoms with Crippen LogP contribution in [0.25, 0.3) is 33.2 Å². The van der Waals surface area contributed by atoms with E-state index in [4.69, 9.17) is 0 Å². The molecule has 0 saturated carbocycles. The molecule has 0 atom stereocenters. The highest BCUT2D eigenvalue weighted by Crippen LogP contribution is 2.24. The van der Waals surface area contributed by atoms with Gasteiger partial charge in [0.15, 0.2) is 0 Å². The lowest BCUT2D eigenvalue weighted by atomic mass is 10.2. The average Bonchev–Trinajstić information content (AvgIpc) is 3.03. The number of hydrogen-bond acceptors (Lipinski definition) is 4. The van der Waals surface area contributed by atoms with Gasteiger partial charge in [-0.15, -0.1) is 0 Å². The first-order valence-corrected chi connectivity index (χ1v) is 6.86. The summed E-state index contributed by atoms with van der Waals surface area (Å²) in [4.78, 5) is 9.17. The predicted octanol–water partition coefficient (Wildman–Crippen LogP) is 3.25. The van der Waals surface area contributed by atoms with Crippen molar-refractivity contribution in [2.75, 3.05) is 0 Å². The number of fused-ring (bicyclic) bond motifs is 2. The Morgan fingerprint density at radius 3 is 2.95 bits per heavy atom. The molecule has 0 saturated heterocycles. The zero-order valence-corrected chi connectivity index (χ0v) is 11.1. The quantitative estimate of drug-likeness (QED) is 0.531. The Kier molecular flexibility index (Phi) is 2.16. The third-order valence-corrected chi connectivity index (χ3v) is 3.78. The van der Waals surface area contributed by atoms with Gasteiger partial charge in [-0.2, -0.15) is 16.4 Å². The van der Waals surface area contributed by atoms with Crippen LogP contribution in [0.5, 0.6) is 0 Å². The van der Waals surface area contributed by atoms with Crippen LogP contribution in [0.1, 0.15) is 0 Å². The maximum absolute atomic E-state index is 4.67. The van der Waals surface area contributed by atoms with Crippen LogP contribution >= 0.6 is 11.3 Å². The topological polar surface area (TPSA) is 43.6 Å². The van der Waals surface area contributed by atoms with E-state index >= 15 is 0 Å². The summed E-state index contributed by atoms with van der Waals surface area (Å²) in [6.07, 6.45) is 3.82. The summed E-state index contributed by atoms with van der Waals surface area (Å²) in [7, 11) is 1.92. The molecule has 1 aromatic carbocycles. The Morgan fingerprint density at radius 1 is 1.16 bits per heavy atom. The van der Waals surface area contributed by atoms with Gasteiger partial charge in [0.05, 0.1) is 28.4 Å². The molecule has 4 aromatic rings. The molecule has 0 unspecified atom stereocenters. The third kappa shape index (κ3) is 1.70. The first kappa shape index (κ1) is 10.6. The van der Waals surface area contributed by atoms with Gasteiger partial charge < -0.3 is 0 Å². The van der Waals surface area contributed by atoms with Crippen molar-refractivity contribution in [3.8, 4) is 11.3 Å². The number of thiophene rings is 1. The smallest absolute Gasteiger partial charge is 0.0946 e. The molecule has 0 radical (unpaired) electrons. The van der Waals surface area contributed by atoms with Crippen molar-refractivity contribution in [3.63, 3.8) is 0 Å². The second-order valence-electron chi connectivity index (χ2n) is 4.47. The lowest BCUT2D eigenvalue weighted by Gasteiger charge is -2.00. The summed E-state index contributed by atoms with van der Waals surface area (Å²) in [5.74, 6) is 0. The minimum atomic E-state index is 0.884. The molecule has 5 heteroatoms. The van der Waals surface area contributed by atoms with Crippen molar-refractivity contribution in [2.45, 2.75) is 0 Å². The second-order valence-corrected chi connectivity index (χ2v) is 5.25. The van der Waals surface area contributed by atoms with Crippen LogP contribution in [0, 0.1) is 0 Å². The van der Waals surface area contributed by atoms with E-state index in [-0.39, 0.29) is 0 Å². The third-order valence-electron chi connectivity index (χ3n) is 3.10. The molecule has 3 aromatic heterocycles. The van der Waals surface area contributed by atoms with E-state index in [9.17, 15) is 0 Å². The van der Waals surface area contributed by atoms with Crippen LogP contribution in [-0.2, 0) is 7.05 Å². The molecule has 3 heterocycles. The van der Waals surface area contributed by atoms with Crippen LogP contribution in [0.3, 0.4) is 0 Å². The summed E-state index contributed by atoms with van der Waals surface area (Å²) in [5.41, 5.74) is 4.76. The van der Waals surface area contributed by atoms with E-state index in [2.05, 4.69) is 26.5 Å². The fraction of sp³-hybridized carbons (Fsp3) is 0.0714. The number of aromatic nitrogens is 4. The Morgan fingerprint density at radius 2 is 2.11 bits per heavy atom. The molecular weight excluding hydrogens is 256 g/mol. The number of hydrogen-bond donors (Lipinski definition) is 0. The van der Waals surface area contributed by atoms with Crippen molar-refractivity contribution in [3.05, 3.63) is 41.4 Å². The van der Waals surface area contributed by atoms with Crippen molar-refractivity contribution in [2.24, 2.45) is 7.05 Å². The normalized spacial score (nSPS) is 11.4. The highest BCUT2D eigenvalue weighted by molar-refractivity contribution is 7.08. The highest BCUT2D eigenvalue weighted by atomic mass is 32.1. The van der Waals surface area contributed by atoms with Crippen molar-refractivity contribution >= 4 is 33.3 Å². The van der Waals surface area contributed by atoms with Gasteiger partial charge in [0.25, 0.3) is 0 Å². The van der Waals surface area contributed by atoms with E-state index in [1.165, 1.54) is 0 Å². The first-order valence-electron chi connectivity index (χ1n) is 5.92. The van der Waals surface area contributed by atoms with Gasteiger partial charge in [0, 0.05) is 29.6 Å². The lowest BCUT2D eigenvalue weighted by molar-refractivity contribution is 0.780. The van der Waals surface area contributed by atoms with E-state index in [0.717, 1.165) is 33.2 Å². The largest absolute Gasteiger partial charge is 0.275 e. The van der Waals surface area contributed by atoms with Gasteiger partial charge >= 0.3 is 0 Å². The molecule has 92 valence electrons. The monoisotopic (exact) mass is 266 g/mol. The minimum Gasteiger partial charge on any atom is -0.275 e. The van der Waals surface area contributed by atoms with Crippen LogP contribution < -0.4 is 0 Å². The van der Waals surface area contributed by atoms with Gasteiger partial charge in [0.2, 0.25) is 0 Å². The molecule has 0 aliphatic rings. The Bertz CT molecular complexity index is 877. The molecular formula is C14H10N4S. The fourth-order valence-corrected chi connectivity index (χ4v) is 2.85. The molecule has 0 amide bonds. The standard InChI is InChI=1S/C14H10N4S/c1-18-7-10-4-12-13(5-11(10)17-18)16-14(6-15-12)9-2-3-19-8-9/h2-8H,1H3. The molecule has 0 spiro atoms. The lowest BCUT2D eigenvalue weighted by Crippen LogP contribution is -1.88. The first-order chi connectivity index (χ1) is 9.29. The zero-order chi connectivity index (χ0) is 12.8. The summed E-state index contributed by atoms with van der Waals surface area (Å²) in [5, 5.41) is 9.62. The van der Waals surface area contributed by atoms with E-state index < -0.39 is 0 Å². The fourth-order valence-electron chi connectivity index (χ4n) is 2.20. The van der Waals surface area contributed by atoms with Crippen molar-refractivity contribution in [1.82, 2.24) is 19.7 Å². The highest BCUT2D eigenvalue weighted by Gasteiger charge is 2.06. The molecule has 4 rings (SSSR count). The van der Waals surface area contributed by atoms with Gasteiger partial charge in [-0.05, 0) is 23.6 Å². The maximum Gasteiger partial charge on any atom is 0.0946 e. The second kappa shape index (κ2) is 3.86. The maximum atomic E-state index is 4.67. The van der Waals surface area contributed by atoms with Crippen molar-refractivity contribution in [1.29, 1.82) is 0 Å². The Balaban J connectivity index is 1.99. The molecule has 0 bridgehead atoms. The summed E-state index contributed by atoms with van der Waals surface area (Å²) >= 11 is 1.66. The van der Waals surface area contributed by atoms with Gasteiger partial charge in [-0.25, -0.2) is 4.98 Å². The Hall–Kier alpha value is -2.27. The average molecular weight is 266 g/mol. The molecule has 4 nitrogen and oxygen atoms in total. The number of aryl methyl sites for hydroxylation is 1. The number of benzene rings is 1. The molecule has 0 N–H and O–H groups in total. The molecule has 0 aliphatic heterocycles. The number of rotatable bonds is 1. The summed E-state index contributed by atoms with van der Waals surface area (Å²) in [6.45, 7) is 0. The molecule has 0 aliphatic carbocycles. The Labute approximate surface area is 113 Å². The van der Waals surface area contributed by atoms with Crippen molar-refractivity contribution < 1.29 is 0 Å². The van der Waals surface area contributed by atoms with Crippen LogP contribution in [0.2, 0.25) is 0 Å². The van der Waals surface area contributed by atoms with Crippen LogP contribution in [-0.4, -0.2) is 19.7 Å². The predicted molar refractivity (Wildman–Crippen MR) is 77.1 cm³/mol. The van der Waals surface area contributed by atoms with Gasteiger partial charge in [0.1, 0.15) is 0 Å². The van der Waals surface area contributed by atoms with Crippen LogP contribution in [0.15, 0.2) is 41.4 Å². The molecule has 19 heavy (non-hydrogen) atoms. The minimum absolute atomic E-state index is 0.884. The SMILES string of the molecule is Cn1cc2cc3ncc(-c4ccsc4)nc3cc2n1. The van der Waals surface area contributed by atoms with Gasteiger partial charge in [-0.3, -0.25) is 9.67 Å². The van der Waals surface area contributed by atoms with Gasteiger partial charge in [-0.1, -0.05) is 0 Å². The number of nitrogens with zero attached hydrogens (tertiary/aromatic N) is 4. The summed E-state index contributed by atoms with van der Waals surface area (Å²) < 4.78 is 1.81. The van der Waals surface area contributed by atoms with Crippen LogP contribution in [0.4, 0.5) is 0 Å². The van der Waals surface area contributed by atoms with E-state index in [1.807, 2.05) is 41.6 Å². The van der Waals surface area contributed by atoms with E-state index in [0.29, 0.717) is 0 Å². The zero-order valence-electron chi connectivity index (χ0n) is 10.2. The van der Waals surface area contributed by atoms with E-state index in [1.54, 1.807) is 11.3 Å². The summed E-state index contributed by atoms with van der Waals surface area (Å²) in [6, 6.07) is 6.08. The molecule has 0 fully saturated rings.